The predicted molar refractivity (Wildman–Crippen MR) is 98.3 cm³/mol. The fourth-order valence-corrected chi connectivity index (χ4v) is 4.47. The quantitative estimate of drug-likeness (QED) is 0.583. The Morgan fingerprint density at radius 2 is 2.28 bits per heavy atom. The number of H-pyrrole nitrogens is 1. The highest BCUT2D eigenvalue weighted by Gasteiger charge is 2.29. The molecule has 1 aromatic carbocycles. The highest BCUT2D eigenvalue weighted by atomic mass is 32.1. The van der Waals surface area contributed by atoms with Crippen molar-refractivity contribution in [2.24, 2.45) is 0 Å². The highest BCUT2D eigenvalue weighted by Crippen LogP contribution is 2.36. The number of thiazole rings is 1. The molecule has 0 amide bonds. The van der Waals surface area contributed by atoms with Gasteiger partial charge in [0.1, 0.15) is 16.3 Å². The van der Waals surface area contributed by atoms with Crippen molar-refractivity contribution in [3.8, 4) is 11.5 Å². The number of aromatic nitrogens is 3. The topological polar surface area (TPSA) is 58.0 Å². The molecule has 0 spiro atoms. The number of aromatic amines is 1. The molecule has 1 saturated heterocycles. The largest absolute Gasteiger partial charge is 0.454 e. The minimum Gasteiger partial charge on any atom is -0.454 e. The third-order valence-corrected chi connectivity index (χ3v) is 5.74. The SMILES string of the molecule is c1ccc2oc(-c3[nH]ncc3CN3CCCC3c3nccs3)cc2c1. The zero-order valence-corrected chi connectivity index (χ0v) is 14.5. The number of fused-ring (bicyclic) bond motifs is 1. The number of nitrogens with one attached hydrogen (secondary N) is 1. The van der Waals surface area contributed by atoms with Crippen LogP contribution in [0.2, 0.25) is 0 Å². The van der Waals surface area contributed by atoms with E-state index >= 15 is 0 Å². The highest BCUT2D eigenvalue weighted by molar-refractivity contribution is 7.09. The van der Waals surface area contributed by atoms with Gasteiger partial charge in [-0.2, -0.15) is 5.10 Å². The van der Waals surface area contributed by atoms with Gasteiger partial charge < -0.3 is 4.42 Å². The fourth-order valence-electron chi connectivity index (χ4n) is 3.66. The molecule has 0 aliphatic carbocycles. The summed E-state index contributed by atoms with van der Waals surface area (Å²) in [5, 5.41) is 11.8. The van der Waals surface area contributed by atoms with Crippen molar-refractivity contribution in [3.63, 3.8) is 0 Å². The van der Waals surface area contributed by atoms with Crippen molar-refractivity contribution in [2.75, 3.05) is 6.54 Å². The van der Waals surface area contributed by atoms with Crippen LogP contribution in [-0.2, 0) is 6.54 Å². The summed E-state index contributed by atoms with van der Waals surface area (Å²) in [6, 6.07) is 10.6. The molecule has 6 heteroatoms. The number of likely N-dealkylation sites (tertiary alicyclic amines) is 1. The molecule has 5 rings (SSSR count). The van der Waals surface area contributed by atoms with E-state index in [1.807, 2.05) is 30.6 Å². The Kier molecular flexibility index (Phi) is 3.64. The average molecular weight is 350 g/mol. The van der Waals surface area contributed by atoms with Gasteiger partial charge in [-0.25, -0.2) is 4.98 Å². The molecule has 0 bridgehead atoms. The minimum atomic E-state index is 0.415. The Bertz CT molecular complexity index is 955. The van der Waals surface area contributed by atoms with Crippen molar-refractivity contribution in [2.45, 2.75) is 25.4 Å². The maximum absolute atomic E-state index is 6.02. The first-order chi connectivity index (χ1) is 12.4. The molecule has 4 aromatic rings. The molecular formula is C19H18N4OS. The molecule has 126 valence electrons. The van der Waals surface area contributed by atoms with Crippen LogP contribution in [0.15, 0.2) is 52.5 Å². The molecule has 4 heterocycles. The summed E-state index contributed by atoms with van der Waals surface area (Å²) >= 11 is 1.75. The van der Waals surface area contributed by atoms with E-state index in [9.17, 15) is 0 Å². The molecule has 0 saturated carbocycles. The third-order valence-electron chi connectivity index (χ3n) is 4.86. The van der Waals surface area contributed by atoms with E-state index in [1.54, 1.807) is 11.3 Å². The number of hydrogen-bond acceptors (Lipinski definition) is 5. The summed E-state index contributed by atoms with van der Waals surface area (Å²) in [5.74, 6) is 0.846. The molecule has 1 aliphatic rings. The Labute approximate surface area is 149 Å². The molecule has 1 unspecified atom stereocenters. The zero-order valence-electron chi connectivity index (χ0n) is 13.7. The van der Waals surface area contributed by atoms with Crippen LogP contribution in [0.4, 0.5) is 0 Å². The van der Waals surface area contributed by atoms with Crippen LogP contribution in [0.1, 0.15) is 29.5 Å². The van der Waals surface area contributed by atoms with E-state index in [0.717, 1.165) is 35.5 Å². The smallest absolute Gasteiger partial charge is 0.153 e. The Morgan fingerprint density at radius 3 is 3.16 bits per heavy atom. The number of nitrogens with zero attached hydrogens (tertiary/aromatic N) is 3. The summed E-state index contributed by atoms with van der Waals surface area (Å²) in [5.41, 5.74) is 3.04. The van der Waals surface area contributed by atoms with Gasteiger partial charge in [-0.3, -0.25) is 10.00 Å². The number of hydrogen-bond donors (Lipinski definition) is 1. The van der Waals surface area contributed by atoms with Crippen LogP contribution in [-0.4, -0.2) is 26.6 Å². The fraction of sp³-hybridized carbons (Fsp3) is 0.263. The summed E-state index contributed by atoms with van der Waals surface area (Å²) in [7, 11) is 0. The lowest BCUT2D eigenvalue weighted by Crippen LogP contribution is -2.22. The lowest BCUT2D eigenvalue weighted by Gasteiger charge is -2.22. The Morgan fingerprint density at radius 1 is 1.32 bits per heavy atom. The monoisotopic (exact) mass is 350 g/mol. The first-order valence-electron chi connectivity index (χ1n) is 8.53. The van der Waals surface area contributed by atoms with Gasteiger partial charge in [-0.05, 0) is 31.5 Å². The van der Waals surface area contributed by atoms with E-state index in [1.165, 1.54) is 23.4 Å². The molecule has 25 heavy (non-hydrogen) atoms. The number of para-hydroxylation sites is 1. The number of rotatable bonds is 4. The second-order valence-electron chi connectivity index (χ2n) is 6.42. The maximum atomic E-state index is 6.02. The summed E-state index contributed by atoms with van der Waals surface area (Å²) in [6.45, 7) is 1.95. The van der Waals surface area contributed by atoms with Crippen LogP contribution < -0.4 is 0 Å². The third kappa shape index (κ3) is 2.67. The van der Waals surface area contributed by atoms with Crippen molar-refractivity contribution in [1.82, 2.24) is 20.1 Å². The summed E-state index contributed by atoms with van der Waals surface area (Å²) < 4.78 is 6.02. The maximum Gasteiger partial charge on any atom is 0.153 e. The van der Waals surface area contributed by atoms with E-state index in [-0.39, 0.29) is 0 Å². The van der Waals surface area contributed by atoms with Gasteiger partial charge in [0, 0.05) is 29.1 Å². The second kappa shape index (κ2) is 6.13. The van der Waals surface area contributed by atoms with Gasteiger partial charge in [0.25, 0.3) is 0 Å². The summed E-state index contributed by atoms with van der Waals surface area (Å²) in [4.78, 5) is 7.02. The van der Waals surface area contributed by atoms with Crippen molar-refractivity contribution in [1.29, 1.82) is 0 Å². The molecule has 1 atom stereocenters. The normalized spacial score (nSPS) is 18.3. The van der Waals surface area contributed by atoms with Crippen molar-refractivity contribution >= 4 is 22.3 Å². The van der Waals surface area contributed by atoms with E-state index in [2.05, 4.69) is 37.6 Å². The molecule has 1 N–H and O–H groups in total. The van der Waals surface area contributed by atoms with E-state index < -0.39 is 0 Å². The number of benzene rings is 1. The molecule has 0 radical (unpaired) electrons. The van der Waals surface area contributed by atoms with Gasteiger partial charge in [-0.1, -0.05) is 18.2 Å². The van der Waals surface area contributed by atoms with Crippen LogP contribution in [0.25, 0.3) is 22.4 Å². The molecule has 1 aliphatic heterocycles. The lowest BCUT2D eigenvalue weighted by molar-refractivity contribution is 0.248. The van der Waals surface area contributed by atoms with Crippen LogP contribution in [0, 0.1) is 0 Å². The molecular weight excluding hydrogens is 332 g/mol. The van der Waals surface area contributed by atoms with Crippen LogP contribution in [0.3, 0.4) is 0 Å². The van der Waals surface area contributed by atoms with Gasteiger partial charge in [0.05, 0.1) is 12.2 Å². The van der Waals surface area contributed by atoms with Gasteiger partial charge >= 0.3 is 0 Å². The zero-order chi connectivity index (χ0) is 16.6. The van der Waals surface area contributed by atoms with Gasteiger partial charge in [0.2, 0.25) is 0 Å². The van der Waals surface area contributed by atoms with Crippen LogP contribution >= 0.6 is 11.3 Å². The second-order valence-corrected chi connectivity index (χ2v) is 7.34. The Hall–Kier alpha value is -2.44. The first-order valence-corrected chi connectivity index (χ1v) is 9.41. The lowest BCUT2D eigenvalue weighted by atomic mass is 10.1. The Balaban J connectivity index is 1.45. The van der Waals surface area contributed by atoms with Gasteiger partial charge in [0.15, 0.2) is 5.76 Å². The molecule has 1 fully saturated rings. The summed E-state index contributed by atoms with van der Waals surface area (Å²) in [6.07, 6.45) is 6.20. The van der Waals surface area contributed by atoms with Crippen molar-refractivity contribution < 1.29 is 4.42 Å². The van der Waals surface area contributed by atoms with Crippen molar-refractivity contribution in [3.05, 3.63) is 58.7 Å². The standard InChI is InChI=1S/C19H18N4OS/c1-2-6-16-13(4-1)10-17(24-16)18-14(11-21-22-18)12-23-8-3-5-15(23)19-20-7-9-25-19/h1-2,4,6-7,9-11,15H,3,5,8,12H2,(H,21,22). The first kappa shape index (κ1) is 14.9. The predicted octanol–water partition coefficient (Wildman–Crippen LogP) is 4.62. The minimum absolute atomic E-state index is 0.415. The number of furan rings is 1. The average Bonchev–Trinajstić information content (AvgIpc) is 3.41. The van der Waals surface area contributed by atoms with Gasteiger partial charge in [-0.15, -0.1) is 11.3 Å². The van der Waals surface area contributed by atoms with Crippen LogP contribution in [0.5, 0.6) is 0 Å². The van der Waals surface area contributed by atoms with E-state index in [4.69, 9.17) is 4.42 Å². The van der Waals surface area contributed by atoms with E-state index in [0.29, 0.717) is 6.04 Å². The molecule has 3 aromatic heterocycles. The molecule has 5 nitrogen and oxygen atoms in total.